The minimum Gasteiger partial charge on any atom is -0.342 e. The van der Waals surface area contributed by atoms with Gasteiger partial charge < -0.3 is 10.6 Å². The standard InChI is InChI=1S/C16H21BrN2O/c17-14-3-1-2-11(6-14)4-5-16(20)19-9-13-7-12(8-18)15(13)10-19/h1-3,6,12-13,15H,4-5,7-10,18H2/t12-,13-,15-/m0/s1. The number of aryl methyl sites for hydroxylation is 1. The zero-order valence-corrected chi connectivity index (χ0v) is 13.2. The van der Waals surface area contributed by atoms with Crippen molar-refractivity contribution in [1.82, 2.24) is 4.90 Å². The first-order valence-corrected chi connectivity index (χ1v) is 8.19. The van der Waals surface area contributed by atoms with Crippen molar-refractivity contribution in [2.24, 2.45) is 23.5 Å². The minimum atomic E-state index is 0.301. The molecule has 1 aromatic rings. The van der Waals surface area contributed by atoms with Gasteiger partial charge in [0, 0.05) is 24.0 Å². The van der Waals surface area contributed by atoms with Crippen LogP contribution in [0.5, 0.6) is 0 Å². The Labute approximate surface area is 128 Å². The fourth-order valence-corrected chi connectivity index (χ4v) is 4.07. The molecule has 0 spiro atoms. The van der Waals surface area contributed by atoms with Crippen LogP contribution in [0.2, 0.25) is 0 Å². The number of hydrogen-bond acceptors (Lipinski definition) is 2. The van der Waals surface area contributed by atoms with E-state index in [1.165, 1.54) is 12.0 Å². The Morgan fingerprint density at radius 2 is 2.25 bits per heavy atom. The van der Waals surface area contributed by atoms with Gasteiger partial charge in [0.05, 0.1) is 0 Å². The SMILES string of the molecule is NC[C@@H]1C[C@H]2CN(C(=O)CCc3cccc(Br)c3)C[C@@H]12. The first-order chi connectivity index (χ1) is 9.67. The Bertz CT molecular complexity index is 505. The van der Waals surface area contributed by atoms with Crippen molar-refractivity contribution in [2.75, 3.05) is 19.6 Å². The molecule has 2 fully saturated rings. The van der Waals surface area contributed by atoms with E-state index < -0.39 is 0 Å². The molecule has 1 aromatic carbocycles. The summed E-state index contributed by atoms with van der Waals surface area (Å²) < 4.78 is 1.08. The highest BCUT2D eigenvalue weighted by Crippen LogP contribution is 2.45. The van der Waals surface area contributed by atoms with Crippen molar-refractivity contribution in [3.05, 3.63) is 34.3 Å². The molecule has 2 aliphatic rings. The van der Waals surface area contributed by atoms with Crippen LogP contribution in [0.4, 0.5) is 0 Å². The number of likely N-dealkylation sites (tertiary alicyclic amines) is 1. The lowest BCUT2D eigenvalue weighted by Crippen LogP contribution is -2.40. The monoisotopic (exact) mass is 336 g/mol. The van der Waals surface area contributed by atoms with Crippen LogP contribution in [0.1, 0.15) is 18.4 Å². The van der Waals surface area contributed by atoms with Crippen LogP contribution in [-0.4, -0.2) is 30.4 Å². The van der Waals surface area contributed by atoms with Gasteiger partial charge in [-0.2, -0.15) is 0 Å². The molecule has 1 saturated carbocycles. The number of carbonyl (C=O) groups is 1. The van der Waals surface area contributed by atoms with Crippen molar-refractivity contribution in [2.45, 2.75) is 19.3 Å². The number of carbonyl (C=O) groups excluding carboxylic acids is 1. The molecule has 3 atom stereocenters. The summed E-state index contributed by atoms with van der Waals surface area (Å²) in [6.45, 7) is 2.67. The average molecular weight is 337 g/mol. The second-order valence-electron chi connectivity index (χ2n) is 6.08. The predicted octanol–water partition coefficient (Wildman–Crippen LogP) is 2.43. The first-order valence-electron chi connectivity index (χ1n) is 7.39. The van der Waals surface area contributed by atoms with E-state index >= 15 is 0 Å². The van der Waals surface area contributed by atoms with Crippen LogP contribution in [0.3, 0.4) is 0 Å². The third-order valence-corrected chi connectivity index (χ3v) is 5.37. The third kappa shape index (κ3) is 2.77. The average Bonchev–Trinajstić information content (AvgIpc) is 2.75. The van der Waals surface area contributed by atoms with Gasteiger partial charge in [0.1, 0.15) is 0 Å². The maximum atomic E-state index is 12.3. The molecular weight excluding hydrogens is 316 g/mol. The molecule has 3 rings (SSSR count). The molecule has 1 heterocycles. The molecule has 1 saturated heterocycles. The summed E-state index contributed by atoms with van der Waals surface area (Å²) in [5.74, 6) is 2.35. The quantitative estimate of drug-likeness (QED) is 0.917. The summed E-state index contributed by atoms with van der Waals surface area (Å²) in [6, 6.07) is 8.20. The zero-order chi connectivity index (χ0) is 14.1. The van der Waals surface area contributed by atoms with Crippen molar-refractivity contribution in [3.8, 4) is 0 Å². The van der Waals surface area contributed by atoms with Gasteiger partial charge in [-0.3, -0.25) is 4.79 Å². The fraction of sp³-hybridized carbons (Fsp3) is 0.562. The predicted molar refractivity (Wildman–Crippen MR) is 83.2 cm³/mol. The Balaban J connectivity index is 1.51. The third-order valence-electron chi connectivity index (χ3n) is 4.87. The second kappa shape index (κ2) is 5.86. The van der Waals surface area contributed by atoms with Crippen LogP contribution < -0.4 is 5.73 Å². The Kier molecular flexibility index (Phi) is 4.13. The number of amides is 1. The number of benzene rings is 1. The summed E-state index contributed by atoms with van der Waals surface area (Å²) in [7, 11) is 0. The molecule has 0 radical (unpaired) electrons. The number of nitrogens with zero attached hydrogens (tertiary/aromatic N) is 1. The number of rotatable bonds is 4. The number of nitrogens with two attached hydrogens (primary N) is 1. The minimum absolute atomic E-state index is 0.301. The van der Waals surface area contributed by atoms with E-state index in [4.69, 9.17) is 5.73 Å². The number of halogens is 1. The van der Waals surface area contributed by atoms with Gasteiger partial charge in [0.25, 0.3) is 0 Å². The van der Waals surface area contributed by atoms with Crippen LogP contribution in [0, 0.1) is 17.8 Å². The summed E-state index contributed by atoms with van der Waals surface area (Å²) in [5.41, 5.74) is 6.97. The van der Waals surface area contributed by atoms with E-state index in [-0.39, 0.29) is 0 Å². The highest BCUT2D eigenvalue weighted by Gasteiger charge is 2.47. The molecular formula is C16H21BrN2O. The van der Waals surface area contributed by atoms with E-state index in [0.717, 1.165) is 36.4 Å². The van der Waals surface area contributed by atoms with Crippen molar-refractivity contribution in [1.29, 1.82) is 0 Å². The van der Waals surface area contributed by atoms with E-state index in [2.05, 4.69) is 33.0 Å². The van der Waals surface area contributed by atoms with Crippen LogP contribution in [0.25, 0.3) is 0 Å². The maximum absolute atomic E-state index is 12.3. The molecule has 2 N–H and O–H groups in total. The lowest BCUT2D eigenvalue weighted by Gasteiger charge is -2.38. The lowest BCUT2D eigenvalue weighted by atomic mass is 9.67. The highest BCUT2D eigenvalue weighted by molar-refractivity contribution is 9.10. The summed E-state index contributed by atoms with van der Waals surface area (Å²) in [5, 5.41) is 0. The van der Waals surface area contributed by atoms with E-state index in [9.17, 15) is 4.79 Å². The van der Waals surface area contributed by atoms with Crippen LogP contribution in [-0.2, 0) is 11.2 Å². The van der Waals surface area contributed by atoms with Gasteiger partial charge in [0.2, 0.25) is 5.91 Å². The van der Waals surface area contributed by atoms with Gasteiger partial charge in [-0.1, -0.05) is 28.1 Å². The lowest BCUT2D eigenvalue weighted by molar-refractivity contribution is -0.130. The molecule has 0 bridgehead atoms. The molecule has 3 nitrogen and oxygen atoms in total. The molecule has 20 heavy (non-hydrogen) atoms. The van der Waals surface area contributed by atoms with Gasteiger partial charge in [-0.15, -0.1) is 0 Å². The van der Waals surface area contributed by atoms with Crippen LogP contribution >= 0.6 is 15.9 Å². The van der Waals surface area contributed by atoms with Crippen molar-refractivity contribution >= 4 is 21.8 Å². The summed E-state index contributed by atoms with van der Waals surface area (Å²) in [4.78, 5) is 14.4. The van der Waals surface area contributed by atoms with Gasteiger partial charge in [-0.25, -0.2) is 0 Å². The number of hydrogen-bond donors (Lipinski definition) is 1. The van der Waals surface area contributed by atoms with Crippen LogP contribution in [0.15, 0.2) is 28.7 Å². The topological polar surface area (TPSA) is 46.3 Å². The van der Waals surface area contributed by atoms with Gasteiger partial charge >= 0.3 is 0 Å². The summed E-state index contributed by atoms with van der Waals surface area (Å²) >= 11 is 3.47. The molecule has 0 aromatic heterocycles. The molecule has 4 heteroatoms. The zero-order valence-electron chi connectivity index (χ0n) is 11.6. The smallest absolute Gasteiger partial charge is 0.222 e. The van der Waals surface area contributed by atoms with E-state index in [0.29, 0.717) is 24.2 Å². The Morgan fingerprint density at radius 3 is 3.00 bits per heavy atom. The highest BCUT2D eigenvalue weighted by atomic mass is 79.9. The molecule has 108 valence electrons. The van der Waals surface area contributed by atoms with Gasteiger partial charge in [-0.05, 0) is 54.8 Å². The van der Waals surface area contributed by atoms with E-state index in [1.54, 1.807) is 0 Å². The normalized spacial score (nSPS) is 28.1. The number of fused-ring (bicyclic) bond motifs is 1. The Morgan fingerprint density at radius 1 is 1.40 bits per heavy atom. The van der Waals surface area contributed by atoms with Crippen molar-refractivity contribution in [3.63, 3.8) is 0 Å². The first kappa shape index (κ1) is 14.1. The summed E-state index contributed by atoms with van der Waals surface area (Å²) in [6.07, 6.45) is 2.66. The molecule has 0 unspecified atom stereocenters. The fourth-order valence-electron chi connectivity index (χ4n) is 3.62. The molecule has 1 aliphatic heterocycles. The maximum Gasteiger partial charge on any atom is 0.222 e. The van der Waals surface area contributed by atoms with E-state index in [1.807, 2.05) is 12.1 Å². The largest absolute Gasteiger partial charge is 0.342 e. The second-order valence-corrected chi connectivity index (χ2v) is 7.00. The molecule has 1 aliphatic carbocycles. The van der Waals surface area contributed by atoms with Gasteiger partial charge in [0.15, 0.2) is 0 Å². The Hall–Kier alpha value is -0.870. The molecule has 1 amide bonds. The van der Waals surface area contributed by atoms with Crippen molar-refractivity contribution < 1.29 is 4.79 Å².